The molecule has 0 amide bonds. The molecular weight excluding hydrogens is 262 g/mol. The van der Waals surface area contributed by atoms with Gasteiger partial charge in [0.2, 0.25) is 0 Å². The zero-order valence-electron chi connectivity index (χ0n) is 8.95. The summed E-state index contributed by atoms with van der Waals surface area (Å²) in [6.45, 7) is 0. The summed E-state index contributed by atoms with van der Waals surface area (Å²) in [7, 11) is 0. The standard InChI is InChI=1S/C13H7ClF2O2/c14-10-3-7(1-2-8(10)6-17)9-4-11(15)13(18)12(16)5-9/h1-6,18H. The minimum absolute atomic E-state index is 0.191. The molecule has 0 heterocycles. The van der Waals surface area contributed by atoms with Gasteiger partial charge in [-0.2, -0.15) is 0 Å². The zero-order valence-corrected chi connectivity index (χ0v) is 9.71. The first kappa shape index (κ1) is 12.5. The summed E-state index contributed by atoms with van der Waals surface area (Å²) in [5.41, 5.74) is 0.964. The molecular formula is C13H7ClF2O2. The van der Waals surface area contributed by atoms with Gasteiger partial charge in [-0.25, -0.2) is 8.78 Å². The normalized spacial score (nSPS) is 10.4. The van der Waals surface area contributed by atoms with Crippen LogP contribution in [0.25, 0.3) is 11.1 Å². The Hall–Kier alpha value is -1.94. The molecule has 0 unspecified atom stereocenters. The van der Waals surface area contributed by atoms with Crippen LogP contribution in [0.2, 0.25) is 5.02 Å². The van der Waals surface area contributed by atoms with Crippen LogP contribution in [0.5, 0.6) is 5.75 Å². The van der Waals surface area contributed by atoms with E-state index in [0.29, 0.717) is 17.4 Å². The molecule has 2 aromatic carbocycles. The van der Waals surface area contributed by atoms with Crippen LogP contribution in [0.3, 0.4) is 0 Å². The molecule has 18 heavy (non-hydrogen) atoms. The Morgan fingerprint density at radius 2 is 1.67 bits per heavy atom. The number of halogens is 3. The molecule has 0 bridgehead atoms. The quantitative estimate of drug-likeness (QED) is 0.841. The monoisotopic (exact) mass is 268 g/mol. The highest BCUT2D eigenvalue weighted by Gasteiger charge is 2.11. The van der Waals surface area contributed by atoms with Gasteiger partial charge < -0.3 is 5.11 Å². The minimum Gasteiger partial charge on any atom is -0.503 e. The summed E-state index contributed by atoms with van der Waals surface area (Å²) in [5.74, 6) is -3.13. The van der Waals surface area contributed by atoms with Gasteiger partial charge in [-0.15, -0.1) is 0 Å². The third-order valence-electron chi connectivity index (χ3n) is 2.48. The Morgan fingerprint density at radius 1 is 1.06 bits per heavy atom. The number of phenolic OH excluding ortho intramolecular Hbond substituents is 1. The summed E-state index contributed by atoms with van der Waals surface area (Å²) in [5, 5.41) is 9.18. The molecule has 0 aliphatic carbocycles. The van der Waals surface area contributed by atoms with Crippen LogP contribution >= 0.6 is 11.6 Å². The highest BCUT2D eigenvalue weighted by Crippen LogP contribution is 2.30. The van der Waals surface area contributed by atoms with Crippen molar-refractivity contribution in [1.82, 2.24) is 0 Å². The number of rotatable bonds is 2. The summed E-state index contributed by atoms with van der Waals surface area (Å²) in [6, 6.07) is 6.38. The van der Waals surface area contributed by atoms with Crippen molar-refractivity contribution in [3.8, 4) is 16.9 Å². The van der Waals surface area contributed by atoms with E-state index >= 15 is 0 Å². The molecule has 0 aliphatic heterocycles. The molecule has 0 atom stereocenters. The average molecular weight is 269 g/mol. The second-order valence-electron chi connectivity index (χ2n) is 3.64. The number of phenols is 1. The summed E-state index contributed by atoms with van der Waals surface area (Å²) < 4.78 is 26.4. The fraction of sp³-hybridized carbons (Fsp3) is 0. The van der Waals surface area contributed by atoms with Crippen molar-refractivity contribution in [2.24, 2.45) is 0 Å². The lowest BCUT2D eigenvalue weighted by Gasteiger charge is -2.06. The Kier molecular flexibility index (Phi) is 3.30. The number of benzene rings is 2. The van der Waals surface area contributed by atoms with Crippen molar-refractivity contribution in [2.75, 3.05) is 0 Å². The van der Waals surface area contributed by atoms with Gasteiger partial charge in [0, 0.05) is 5.56 Å². The van der Waals surface area contributed by atoms with Gasteiger partial charge in [0.05, 0.1) is 5.02 Å². The molecule has 0 spiro atoms. The zero-order chi connectivity index (χ0) is 13.3. The molecule has 92 valence electrons. The topological polar surface area (TPSA) is 37.3 Å². The third-order valence-corrected chi connectivity index (χ3v) is 2.80. The first-order valence-electron chi connectivity index (χ1n) is 4.96. The second-order valence-corrected chi connectivity index (χ2v) is 4.05. The Bertz CT molecular complexity index is 603. The van der Waals surface area contributed by atoms with Crippen LogP contribution in [0.1, 0.15) is 10.4 Å². The van der Waals surface area contributed by atoms with Crippen LogP contribution in [0, 0.1) is 11.6 Å². The van der Waals surface area contributed by atoms with E-state index in [1.165, 1.54) is 18.2 Å². The van der Waals surface area contributed by atoms with E-state index < -0.39 is 17.4 Å². The summed E-state index contributed by atoms with van der Waals surface area (Å²) in [6.07, 6.45) is 0.587. The third kappa shape index (κ3) is 2.19. The van der Waals surface area contributed by atoms with E-state index in [-0.39, 0.29) is 10.6 Å². The van der Waals surface area contributed by atoms with Crippen molar-refractivity contribution in [3.63, 3.8) is 0 Å². The van der Waals surface area contributed by atoms with Crippen molar-refractivity contribution >= 4 is 17.9 Å². The van der Waals surface area contributed by atoms with E-state index in [1.54, 1.807) is 0 Å². The number of aromatic hydroxyl groups is 1. The highest BCUT2D eigenvalue weighted by molar-refractivity contribution is 6.33. The highest BCUT2D eigenvalue weighted by atomic mass is 35.5. The molecule has 2 nitrogen and oxygen atoms in total. The largest absolute Gasteiger partial charge is 0.503 e. The number of carbonyl (C=O) groups is 1. The smallest absolute Gasteiger partial charge is 0.187 e. The minimum atomic E-state index is -1.06. The molecule has 0 aromatic heterocycles. The first-order valence-corrected chi connectivity index (χ1v) is 5.34. The van der Waals surface area contributed by atoms with Gasteiger partial charge in [0.15, 0.2) is 23.7 Å². The molecule has 5 heteroatoms. The van der Waals surface area contributed by atoms with Crippen LogP contribution in [0.4, 0.5) is 8.78 Å². The maximum absolute atomic E-state index is 13.2. The van der Waals surface area contributed by atoms with Gasteiger partial charge in [-0.05, 0) is 35.4 Å². The lowest BCUT2D eigenvalue weighted by Crippen LogP contribution is -1.88. The number of carbonyl (C=O) groups excluding carboxylic acids is 1. The van der Waals surface area contributed by atoms with E-state index in [2.05, 4.69) is 0 Å². The molecule has 1 N–H and O–H groups in total. The van der Waals surface area contributed by atoms with Crippen LogP contribution < -0.4 is 0 Å². The Labute approximate surface area is 106 Å². The number of hydrogen-bond acceptors (Lipinski definition) is 2. The maximum Gasteiger partial charge on any atom is 0.187 e. The van der Waals surface area contributed by atoms with Crippen molar-refractivity contribution in [3.05, 3.63) is 52.6 Å². The maximum atomic E-state index is 13.2. The summed E-state index contributed by atoms with van der Waals surface area (Å²) in [4.78, 5) is 10.6. The van der Waals surface area contributed by atoms with Gasteiger partial charge in [0.25, 0.3) is 0 Å². The van der Waals surface area contributed by atoms with E-state index in [4.69, 9.17) is 16.7 Å². The molecule has 2 aromatic rings. The predicted molar refractivity (Wildman–Crippen MR) is 63.9 cm³/mol. The lowest BCUT2D eigenvalue weighted by atomic mass is 10.0. The van der Waals surface area contributed by atoms with Crippen LogP contribution in [-0.4, -0.2) is 11.4 Å². The molecule has 0 saturated carbocycles. The first-order chi connectivity index (χ1) is 8.52. The van der Waals surface area contributed by atoms with Crippen molar-refractivity contribution in [1.29, 1.82) is 0 Å². The predicted octanol–water partition coefficient (Wildman–Crippen LogP) is 3.80. The van der Waals surface area contributed by atoms with Crippen LogP contribution in [0.15, 0.2) is 30.3 Å². The van der Waals surface area contributed by atoms with E-state index in [9.17, 15) is 13.6 Å². The van der Waals surface area contributed by atoms with Crippen LogP contribution in [-0.2, 0) is 0 Å². The van der Waals surface area contributed by atoms with Crippen molar-refractivity contribution < 1.29 is 18.7 Å². The van der Waals surface area contributed by atoms with Gasteiger partial charge in [-0.1, -0.05) is 17.7 Å². The van der Waals surface area contributed by atoms with Gasteiger partial charge in [-0.3, -0.25) is 4.79 Å². The molecule has 0 radical (unpaired) electrons. The molecule has 0 fully saturated rings. The molecule has 0 aliphatic rings. The lowest BCUT2D eigenvalue weighted by molar-refractivity contribution is 0.112. The average Bonchev–Trinajstić information content (AvgIpc) is 2.35. The molecule has 2 rings (SSSR count). The Balaban J connectivity index is 2.55. The van der Waals surface area contributed by atoms with Gasteiger partial charge in [0.1, 0.15) is 0 Å². The fourth-order valence-electron chi connectivity index (χ4n) is 1.53. The van der Waals surface area contributed by atoms with Gasteiger partial charge >= 0.3 is 0 Å². The number of aldehydes is 1. The van der Waals surface area contributed by atoms with Crippen molar-refractivity contribution in [2.45, 2.75) is 0 Å². The Morgan fingerprint density at radius 3 is 2.17 bits per heavy atom. The van der Waals surface area contributed by atoms with E-state index in [1.807, 2.05) is 0 Å². The molecule has 0 saturated heterocycles. The fourth-order valence-corrected chi connectivity index (χ4v) is 1.76. The second kappa shape index (κ2) is 4.74. The SMILES string of the molecule is O=Cc1ccc(-c2cc(F)c(O)c(F)c2)cc1Cl. The number of hydrogen-bond donors (Lipinski definition) is 1. The summed E-state index contributed by atoms with van der Waals surface area (Å²) >= 11 is 5.82. The van der Waals surface area contributed by atoms with E-state index in [0.717, 1.165) is 12.1 Å².